The molecule has 2 N–H and O–H groups in total. The van der Waals surface area contributed by atoms with E-state index in [0.29, 0.717) is 5.82 Å². The van der Waals surface area contributed by atoms with Gasteiger partial charge in [-0.05, 0) is 52.0 Å². The van der Waals surface area contributed by atoms with Crippen molar-refractivity contribution in [3.05, 3.63) is 24.1 Å². The van der Waals surface area contributed by atoms with Gasteiger partial charge in [0.1, 0.15) is 0 Å². The van der Waals surface area contributed by atoms with Crippen LogP contribution < -0.4 is 15.5 Å². The summed E-state index contributed by atoms with van der Waals surface area (Å²) in [4.78, 5) is 15.9. The van der Waals surface area contributed by atoms with E-state index in [9.17, 15) is 4.39 Å². The second-order valence-electron chi connectivity index (χ2n) is 7.64. The van der Waals surface area contributed by atoms with Crippen LogP contribution in [-0.2, 0) is 0 Å². The van der Waals surface area contributed by atoms with Crippen molar-refractivity contribution in [1.29, 1.82) is 0 Å². The van der Waals surface area contributed by atoms with Crippen LogP contribution in [0.25, 0.3) is 0 Å². The predicted molar refractivity (Wildman–Crippen MR) is 112 cm³/mol. The molecule has 0 radical (unpaired) electrons. The fraction of sp³-hybridized carbons (Fsp3) is 0.700. The molecule has 3 heterocycles. The van der Waals surface area contributed by atoms with Crippen molar-refractivity contribution in [3.63, 3.8) is 0 Å². The molecule has 0 bridgehead atoms. The van der Waals surface area contributed by atoms with Crippen molar-refractivity contribution >= 4 is 11.8 Å². The van der Waals surface area contributed by atoms with Crippen molar-refractivity contribution in [2.24, 2.45) is 4.99 Å². The van der Waals surface area contributed by atoms with Gasteiger partial charge in [-0.15, -0.1) is 0 Å². The van der Waals surface area contributed by atoms with Crippen molar-refractivity contribution in [2.75, 3.05) is 70.9 Å². The number of aliphatic imine (C=N–C) groups is 1. The Kier molecular flexibility index (Phi) is 7.85. The van der Waals surface area contributed by atoms with E-state index in [1.54, 1.807) is 12.3 Å². The second-order valence-corrected chi connectivity index (χ2v) is 7.64. The molecule has 8 heteroatoms. The highest BCUT2D eigenvalue weighted by atomic mass is 19.1. The standard InChI is InChI=1S/C20H34FN7/c1-3-22-20(24-9-13-27-11-5-10-26(2)14-15-27)25-17-7-12-28(16-17)19-18(21)6-4-8-23-19/h4,6,8,17H,3,5,7,9-16H2,1-2H3,(H2,22,24,25). The molecular formula is C20H34FN7. The Balaban J connectivity index is 1.49. The molecule has 2 aliphatic heterocycles. The summed E-state index contributed by atoms with van der Waals surface area (Å²) in [5.74, 6) is 1.04. The third-order valence-electron chi connectivity index (χ3n) is 5.41. The van der Waals surface area contributed by atoms with E-state index in [1.807, 2.05) is 4.90 Å². The van der Waals surface area contributed by atoms with Gasteiger partial charge in [0.2, 0.25) is 0 Å². The summed E-state index contributed by atoms with van der Waals surface area (Å²) >= 11 is 0. The normalized spacial score (nSPS) is 22.3. The number of guanidine groups is 1. The molecule has 1 unspecified atom stereocenters. The zero-order valence-corrected chi connectivity index (χ0v) is 17.2. The minimum atomic E-state index is -0.258. The summed E-state index contributed by atoms with van der Waals surface area (Å²) in [7, 11) is 2.19. The number of nitrogens with one attached hydrogen (secondary N) is 2. The molecule has 156 valence electrons. The van der Waals surface area contributed by atoms with Crippen LogP contribution in [0.3, 0.4) is 0 Å². The van der Waals surface area contributed by atoms with Crippen molar-refractivity contribution < 1.29 is 4.39 Å². The van der Waals surface area contributed by atoms with Gasteiger partial charge in [-0.1, -0.05) is 0 Å². The van der Waals surface area contributed by atoms with E-state index in [1.165, 1.54) is 19.0 Å². The maximum atomic E-state index is 14.0. The van der Waals surface area contributed by atoms with Gasteiger partial charge in [0.25, 0.3) is 0 Å². The van der Waals surface area contributed by atoms with Gasteiger partial charge in [0.15, 0.2) is 17.6 Å². The van der Waals surface area contributed by atoms with Crippen LogP contribution >= 0.6 is 0 Å². The molecular weight excluding hydrogens is 357 g/mol. The Bertz CT molecular complexity index is 639. The molecule has 1 atom stereocenters. The maximum Gasteiger partial charge on any atom is 0.191 e. The Labute approximate surface area is 168 Å². The van der Waals surface area contributed by atoms with Gasteiger partial charge in [0.05, 0.1) is 6.54 Å². The SMILES string of the molecule is CCNC(=NCCN1CCCN(C)CC1)NC1CCN(c2ncccc2F)C1. The van der Waals surface area contributed by atoms with Crippen LogP contribution in [0.4, 0.5) is 10.2 Å². The monoisotopic (exact) mass is 391 g/mol. The molecule has 28 heavy (non-hydrogen) atoms. The highest BCUT2D eigenvalue weighted by Gasteiger charge is 2.26. The number of hydrogen-bond acceptors (Lipinski definition) is 5. The van der Waals surface area contributed by atoms with E-state index < -0.39 is 0 Å². The molecule has 1 aromatic rings. The van der Waals surface area contributed by atoms with E-state index in [4.69, 9.17) is 4.99 Å². The van der Waals surface area contributed by atoms with Crippen LogP contribution in [-0.4, -0.2) is 92.7 Å². The first kappa shape index (κ1) is 20.8. The summed E-state index contributed by atoms with van der Waals surface area (Å²) in [6, 6.07) is 3.34. The highest BCUT2D eigenvalue weighted by Crippen LogP contribution is 2.20. The van der Waals surface area contributed by atoms with Crippen molar-refractivity contribution in [1.82, 2.24) is 25.4 Å². The summed E-state index contributed by atoms with van der Waals surface area (Å²) in [5, 5.41) is 6.85. The molecule has 2 saturated heterocycles. The maximum absolute atomic E-state index is 14.0. The average molecular weight is 392 g/mol. The number of anilines is 1. The Hall–Kier alpha value is -1.93. The lowest BCUT2D eigenvalue weighted by atomic mass is 10.3. The molecule has 0 saturated carbocycles. The van der Waals surface area contributed by atoms with Gasteiger partial charge >= 0.3 is 0 Å². The van der Waals surface area contributed by atoms with Gasteiger partial charge in [-0.3, -0.25) is 4.99 Å². The third kappa shape index (κ3) is 6.04. The lowest BCUT2D eigenvalue weighted by Gasteiger charge is -2.21. The largest absolute Gasteiger partial charge is 0.357 e. The minimum absolute atomic E-state index is 0.242. The summed E-state index contributed by atoms with van der Waals surface area (Å²) in [5.41, 5.74) is 0. The first-order chi connectivity index (χ1) is 13.7. The van der Waals surface area contributed by atoms with Gasteiger partial charge < -0.3 is 25.3 Å². The topological polar surface area (TPSA) is 59.0 Å². The number of hydrogen-bond donors (Lipinski definition) is 2. The Morgan fingerprint density at radius 2 is 2.18 bits per heavy atom. The lowest BCUT2D eigenvalue weighted by molar-refractivity contribution is 0.283. The first-order valence-electron chi connectivity index (χ1n) is 10.5. The number of aromatic nitrogens is 1. The fourth-order valence-corrected chi connectivity index (χ4v) is 3.82. The lowest BCUT2D eigenvalue weighted by Crippen LogP contribution is -2.45. The van der Waals surface area contributed by atoms with Crippen LogP contribution in [0.1, 0.15) is 19.8 Å². The molecule has 0 amide bonds. The van der Waals surface area contributed by atoms with E-state index in [-0.39, 0.29) is 11.9 Å². The third-order valence-corrected chi connectivity index (χ3v) is 5.41. The van der Waals surface area contributed by atoms with E-state index in [2.05, 4.69) is 39.4 Å². The quantitative estimate of drug-likeness (QED) is 0.557. The number of rotatable bonds is 6. The molecule has 2 aliphatic rings. The van der Waals surface area contributed by atoms with E-state index >= 15 is 0 Å². The number of pyridine rings is 1. The zero-order chi connectivity index (χ0) is 19.8. The van der Waals surface area contributed by atoms with Crippen LogP contribution in [0.15, 0.2) is 23.3 Å². The van der Waals surface area contributed by atoms with Crippen molar-refractivity contribution in [3.8, 4) is 0 Å². The molecule has 0 aliphatic carbocycles. The van der Waals surface area contributed by atoms with Gasteiger partial charge in [-0.2, -0.15) is 0 Å². The number of likely N-dealkylation sites (N-methyl/N-ethyl adjacent to an activating group) is 1. The van der Waals surface area contributed by atoms with E-state index in [0.717, 1.165) is 64.7 Å². The molecule has 0 aromatic carbocycles. The highest BCUT2D eigenvalue weighted by molar-refractivity contribution is 5.80. The summed E-state index contributed by atoms with van der Waals surface area (Å²) in [6.07, 6.45) is 3.81. The smallest absolute Gasteiger partial charge is 0.191 e. The van der Waals surface area contributed by atoms with Crippen molar-refractivity contribution in [2.45, 2.75) is 25.8 Å². The average Bonchev–Trinajstić information content (AvgIpc) is 3.04. The molecule has 1 aromatic heterocycles. The predicted octanol–water partition coefficient (Wildman–Crippen LogP) is 0.992. The fourth-order valence-electron chi connectivity index (χ4n) is 3.82. The molecule has 7 nitrogen and oxygen atoms in total. The summed E-state index contributed by atoms with van der Waals surface area (Å²) in [6.45, 7) is 10.8. The van der Waals surface area contributed by atoms with Gasteiger partial charge in [0, 0.05) is 51.5 Å². The van der Waals surface area contributed by atoms with Crippen LogP contribution in [0, 0.1) is 5.82 Å². The van der Waals surface area contributed by atoms with Crippen LogP contribution in [0.2, 0.25) is 0 Å². The molecule has 2 fully saturated rings. The van der Waals surface area contributed by atoms with Crippen LogP contribution in [0.5, 0.6) is 0 Å². The molecule has 0 spiro atoms. The molecule has 3 rings (SSSR count). The Morgan fingerprint density at radius 3 is 3.00 bits per heavy atom. The van der Waals surface area contributed by atoms with Gasteiger partial charge in [-0.25, -0.2) is 9.37 Å². The first-order valence-corrected chi connectivity index (χ1v) is 10.5. The minimum Gasteiger partial charge on any atom is -0.357 e. The summed E-state index contributed by atoms with van der Waals surface area (Å²) < 4.78 is 14.0. The Morgan fingerprint density at radius 1 is 1.29 bits per heavy atom. The zero-order valence-electron chi connectivity index (χ0n) is 17.2. The second kappa shape index (κ2) is 10.6. The number of nitrogens with zero attached hydrogens (tertiary/aromatic N) is 5. The number of halogens is 1.